The fourth-order valence-electron chi connectivity index (χ4n) is 4.05. The minimum absolute atomic E-state index is 0.0387. The Labute approximate surface area is 147 Å². The fourth-order valence-corrected chi connectivity index (χ4v) is 4.05. The number of rotatable bonds is 3. The number of hydrogen-bond donors (Lipinski definition) is 1. The molecule has 0 radical (unpaired) electrons. The number of anilines is 1. The van der Waals surface area contributed by atoms with Crippen molar-refractivity contribution < 1.29 is 9.90 Å². The molecule has 1 aromatic heterocycles. The quantitative estimate of drug-likeness (QED) is 0.787. The van der Waals surface area contributed by atoms with E-state index >= 15 is 0 Å². The number of likely N-dealkylation sites (N-methyl/N-ethyl adjacent to an activating group) is 1. The van der Waals surface area contributed by atoms with Gasteiger partial charge in [0.15, 0.2) is 0 Å². The highest BCUT2D eigenvalue weighted by molar-refractivity contribution is 6.06. The van der Waals surface area contributed by atoms with Crippen molar-refractivity contribution in [2.45, 2.75) is 26.8 Å². The van der Waals surface area contributed by atoms with Crippen LogP contribution < -0.4 is 4.90 Å². The van der Waals surface area contributed by atoms with Gasteiger partial charge in [0.05, 0.1) is 17.6 Å². The second-order valence-corrected chi connectivity index (χ2v) is 6.96. The van der Waals surface area contributed by atoms with Gasteiger partial charge in [-0.1, -0.05) is 29.8 Å². The predicted molar refractivity (Wildman–Crippen MR) is 101 cm³/mol. The minimum atomic E-state index is -0.791. The van der Waals surface area contributed by atoms with Crippen LogP contribution in [0, 0.1) is 13.8 Å². The van der Waals surface area contributed by atoms with Crippen LogP contribution in [0.15, 0.2) is 36.5 Å². The number of aliphatic carboxylic acids is 1. The number of nitrogens with zero attached hydrogens (tertiary/aromatic N) is 2. The van der Waals surface area contributed by atoms with Crippen LogP contribution in [0.3, 0.4) is 0 Å². The molecule has 1 aliphatic heterocycles. The van der Waals surface area contributed by atoms with Crippen LogP contribution in [-0.2, 0) is 17.8 Å². The predicted octanol–water partition coefficient (Wildman–Crippen LogP) is 4.00. The van der Waals surface area contributed by atoms with E-state index in [1.165, 1.54) is 16.8 Å². The number of aromatic nitrogens is 1. The van der Waals surface area contributed by atoms with Crippen molar-refractivity contribution in [3.63, 3.8) is 0 Å². The summed E-state index contributed by atoms with van der Waals surface area (Å²) in [7, 11) is 2.09. The van der Waals surface area contributed by atoms with E-state index in [1.54, 1.807) is 0 Å². The Kier molecular flexibility index (Phi) is 3.57. The van der Waals surface area contributed by atoms with Crippen molar-refractivity contribution in [2.24, 2.45) is 0 Å². The van der Waals surface area contributed by atoms with Crippen LogP contribution in [0.5, 0.6) is 0 Å². The molecule has 0 amide bonds. The Morgan fingerprint density at radius 2 is 1.84 bits per heavy atom. The third-order valence-corrected chi connectivity index (χ3v) is 5.29. The second-order valence-electron chi connectivity index (χ2n) is 6.96. The molecule has 1 aliphatic rings. The van der Waals surface area contributed by atoms with Crippen molar-refractivity contribution in [1.82, 2.24) is 4.57 Å². The van der Waals surface area contributed by atoms with Gasteiger partial charge in [0.25, 0.3) is 0 Å². The van der Waals surface area contributed by atoms with Gasteiger partial charge >= 0.3 is 5.97 Å². The summed E-state index contributed by atoms with van der Waals surface area (Å²) in [5, 5.41) is 10.7. The summed E-state index contributed by atoms with van der Waals surface area (Å²) in [6.07, 6.45) is 2.17. The highest BCUT2D eigenvalue weighted by atomic mass is 16.4. The second kappa shape index (κ2) is 5.66. The van der Waals surface area contributed by atoms with E-state index in [0.29, 0.717) is 0 Å². The van der Waals surface area contributed by atoms with Crippen molar-refractivity contribution >= 4 is 22.6 Å². The summed E-state index contributed by atoms with van der Waals surface area (Å²) >= 11 is 0. The van der Waals surface area contributed by atoms with Crippen molar-refractivity contribution in [3.05, 3.63) is 53.2 Å². The van der Waals surface area contributed by atoms with Gasteiger partial charge in [-0.25, -0.2) is 0 Å². The molecule has 0 unspecified atom stereocenters. The van der Waals surface area contributed by atoms with Gasteiger partial charge in [-0.15, -0.1) is 0 Å². The van der Waals surface area contributed by atoms with Crippen molar-refractivity contribution in [3.8, 4) is 11.1 Å². The van der Waals surface area contributed by atoms with Gasteiger partial charge in [0, 0.05) is 31.7 Å². The van der Waals surface area contributed by atoms with Crippen LogP contribution in [0.4, 0.5) is 5.69 Å². The average Bonchev–Trinajstić information content (AvgIpc) is 2.98. The molecule has 128 valence electrons. The van der Waals surface area contributed by atoms with Gasteiger partial charge in [0.1, 0.15) is 0 Å². The molecule has 0 saturated carbocycles. The summed E-state index contributed by atoms with van der Waals surface area (Å²) in [4.78, 5) is 13.8. The molecule has 1 N–H and O–H groups in total. The monoisotopic (exact) mass is 334 g/mol. The molecule has 0 spiro atoms. The molecule has 4 nitrogen and oxygen atoms in total. The van der Waals surface area contributed by atoms with Crippen LogP contribution in [0.1, 0.15) is 16.7 Å². The number of carbonyl (C=O) groups is 1. The van der Waals surface area contributed by atoms with E-state index in [9.17, 15) is 9.90 Å². The van der Waals surface area contributed by atoms with E-state index in [0.717, 1.165) is 40.7 Å². The van der Waals surface area contributed by atoms with Gasteiger partial charge in [-0.2, -0.15) is 0 Å². The molecule has 25 heavy (non-hydrogen) atoms. The fraction of sp³-hybridized carbons (Fsp3) is 0.286. The summed E-state index contributed by atoms with van der Waals surface area (Å²) in [5.41, 5.74) is 7.73. The van der Waals surface area contributed by atoms with E-state index < -0.39 is 5.97 Å². The Bertz CT molecular complexity index is 984. The highest BCUT2D eigenvalue weighted by Crippen LogP contribution is 2.43. The molecule has 0 aliphatic carbocycles. The summed E-state index contributed by atoms with van der Waals surface area (Å²) in [6, 6.07) is 10.5. The van der Waals surface area contributed by atoms with Gasteiger partial charge in [-0.3, -0.25) is 4.79 Å². The SMILES string of the molecule is Cc1ccc(-c2c(CC(=O)O)c(C)c3c4c2ccn4CCN3C)cc1. The summed E-state index contributed by atoms with van der Waals surface area (Å²) < 4.78 is 2.29. The molecule has 2 heterocycles. The van der Waals surface area contributed by atoms with E-state index in [2.05, 4.69) is 66.9 Å². The molecule has 4 heteroatoms. The maximum Gasteiger partial charge on any atom is 0.307 e. The number of hydrogen-bond acceptors (Lipinski definition) is 2. The standard InChI is InChI=1S/C21H22N2O2/c1-13-4-6-15(7-5-13)19-16-8-9-23-11-10-22(3)20(21(16)23)14(2)17(19)12-18(24)25/h4-9H,10-12H2,1-3H3,(H,24,25). The number of aryl methyl sites for hydroxylation is 1. The van der Waals surface area contributed by atoms with Crippen LogP contribution in [0.2, 0.25) is 0 Å². The maximum absolute atomic E-state index is 11.6. The zero-order valence-corrected chi connectivity index (χ0v) is 14.8. The number of benzene rings is 2. The molecular formula is C21H22N2O2. The molecule has 0 saturated heterocycles. The minimum Gasteiger partial charge on any atom is -0.481 e. The maximum atomic E-state index is 11.6. The Morgan fingerprint density at radius 1 is 1.12 bits per heavy atom. The van der Waals surface area contributed by atoms with E-state index in [1.807, 2.05) is 0 Å². The first-order chi connectivity index (χ1) is 12.0. The average molecular weight is 334 g/mol. The lowest BCUT2D eigenvalue weighted by molar-refractivity contribution is -0.136. The van der Waals surface area contributed by atoms with Crippen LogP contribution in [-0.4, -0.2) is 29.2 Å². The third-order valence-electron chi connectivity index (χ3n) is 5.29. The van der Waals surface area contributed by atoms with Gasteiger partial charge < -0.3 is 14.6 Å². The van der Waals surface area contributed by atoms with Crippen LogP contribution in [0.25, 0.3) is 22.0 Å². The summed E-state index contributed by atoms with van der Waals surface area (Å²) in [6.45, 7) is 6.02. The van der Waals surface area contributed by atoms with E-state index in [-0.39, 0.29) is 6.42 Å². The smallest absolute Gasteiger partial charge is 0.307 e. The Balaban J connectivity index is 2.11. The van der Waals surface area contributed by atoms with Gasteiger partial charge in [0.2, 0.25) is 0 Å². The summed E-state index contributed by atoms with van der Waals surface area (Å²) in [5.74, 6) is -0.791. The van der Waals surface area contributed by atoms with E-state index in [4.69, 9.17) is 0 Å². The van der Waals surface area contributed by atoms with Crippen LogP contribution >= 0.6 is 0 Å². The zero-order valence-electron chi connectivity index (χ0n) is 14.8. The first kappa shape index (κ1) is 15.8. The topological polar surface area (TPSA) is 45.5 Å². The third kappa shape index (κ3) is 2.40. The lowest BCUT2D eigenvalue weighted by Crippen LogP contribution is -2.28. The lowest BCUT2D eigenvalue weighted by atomic mass is 9.88. The Morgan fingerprint density at radius 3 is 2.52 bits per heavy atom. The number of carboxylic acid groups (broad SMARTS) is 1. The first-order valence-electron chi connectivity index (χ1n) is 8.61. The molecule has 3 aromatic rings. The highest BCUT2D eigenvalue weighted by Gasteiger charge is 2.26. The van der Waals surface area contributed by atoms with Crippen molar-refractivity contribution in [2.75, 3.05) is 18.5 Å². The molecule has 0 bridgehead atoms. The molecular weight excluding hydrogens is 312 g/mol. The lowest BCUT2D eigenvalue weighted by Gasteiger charge is -2.31. The molecule has 4 rings (SSSR count). The molecule has 0 atom stereocenters. The van der Waals surface area contributed by atoms with Crippen molar-refractivity contribution in [1.29, 1.82) is 0 Å². The largest absolute Gasteiger partial charge is 0.481 e. The molecule has 2 aromatic carbocycles. The zero-order chi connectivity index (χ0) is 17.7. The molecule has 0 fully saturated rings. The normalized spacial score (nSPS) is 13.5. The first-order valence-corrected chi connectivity index (χ1v) is 8.61. The number of carboxylic acids is 1. The van der Waals surface area contributed by atoms with Gasteiger partial charge in [-0.05, 0) is 42.2 Å². The Hall–Kier alpha value is -2.75.